The Morgan fingerprint density at radius 1 is 1.18 bits per heavy atom. The van der Waals surface area contributed by atoms with E-state index in [1.54, 1.807) is 35.8 Å². The van der Waals surface area contributed by atoms with Gasteiger partial charge in [-0.3, -0.25) is 9.36 Å². The number of carbonyl (C=O) groups is 1. The topological polar surface area (TPSA) is 102 Å². The normalized spacial score (nSPS) is 15.2. The van der Waals surface area contributed by atoms with Gasteiger partial charge in [0.1, 0.15) is 18.2 Å². The number of ether oxygens (including phenoxy) is 1. The number of rotatable bonds is 7. The lowest BCUT2D eigenvalue weighted by Gasteiger charge is -2.29. The van der Waals surface area contributed by atoms with Gasteiger partial charge < -0.3 is 14.7 Å². The highest BCUT2D eigenvalue weighted by Crippen LogP contribution is 2.36. The predicted octanol–water partition coefficient (Wildman–Crippen LogP) is 4.02. The maximum atomic E-state index is 13.4. The van der Waals surface area contributed by atoms with Crippen LogP contribution in [0.4, 0.5) is 0 Å². The molecule has 0 amide bonds. The minimum Gasteiger partial charge on any atom is -0.491 e. The van der Waals surface area contributed by atoms with Crippen LogP contribution in [0.5, 0.6) is 5.75 Å². The molecule has 1 atom stereocenters. The van der Waals surface area contributed by atoms with E-state index in [9.17, 15) is 14.7 Å². The molecule has 0 spiro atoms. The van der Waals surface area contributed by atoms with E-state index in [1.165, 1.54) is 10.6 Å². The molecular weight excluding hydrogens is 506 g/mol. The van der Waals surface area contributed by atoms with Crippen LogP contribution < -0.4 is 10.3 Å². The minimum absolute atomic E-state index is 0.000155. The highest BCUT2D eigenvalue weighted by Gasteiger charge is 2.25. The maximum absolute atomic E-state index is 13.4. The van der Waals surface area contributed by atoms with Crippen molar-refractivity contribution in [2.45, 2.75) is 45.7 Å². The third-order valence-corrected chi connectivity index (χ3v) is 7.42. The number of carboxylic acids is 1. The van der Waals surface area contributed by atoms with Crippen LogP contribution in [0.1, 0.15) is 39.7 Å². The monoisotopic (exact) mass is 535 g/mol. The van der Waals surface area contributed by atoms with E-state index in [0.29, 0.717) is 52.4 Å². The number of aromatic nitrogens is 4. The number of aryl methyl sites for hydroxylation is 3. The molecule has 1 aliphatic carbocycles. The molecule has 0 bridgehead atoms. The number of fused-ring (bicyclic) bond motifs is 2. The van der Waals surface area contributed by atoms with Crippen molar-refractivity contribution < 1.29 is 14.6 Å². The molecule has 1 unspecified atom stereocenters. The van der Waals surface area contributed by atoms with Gasteiger partial charge in [-0.05, 0) is 83.6 Å². The zero-order chi connectivity index (χ0) is 27.1. The van der Waals surface area contributed by atoms with Crippen LogP contribution >= 0.6 is 11.6 Å². The number of hydrogen-bond acceptors (Lipinski definition) is 6. The van der Waals surface area contributed by atoms with E-state index < -0.39 is 5.97 Å². The molecule has 0 aliphatic heterocycles. The summed E-state index contributed by atoms with van der Waals surface area (Å²) in [7, 11) is 4.09. The second-order valence-electron chi connectivity index (χ2n) is 9.91. The molecule has 198 valence electrons. The lowest BCUT2D eigenvalue weighted by atomic mass is 9.92. The van der Waals surface area contributed by atoms with E-state index in [1.807, 2.05) is 27.1 Å². The van der Waals surface area contributed by atoms with Crippen LogP contribution in [-0.4, -0.2) is 61.9 Å². The lowest BCUT2D eigenvalue weighted by Crippen LogP contribution is -2.39. The highest BCUT2D eigenvalue weighted by molar-refractivity contribution is 6.31. The van der Waals surface area contributed by atoms with E-state index >= 15 is 0 Å². The number of halogens is 1. The van der Waals surface area contributed by atoms with Crippen molar-refractivity contribution in [1.29, 1.82) is 0 Å². The van der Waals surface area contributed by atoms with Gasteiger partial charge in [0.25, 0.3) is 5.56 Å². The second-order valence-corrected chi connectivity index (χ2v) is 10.3. The molecule has 1 N–H and O–H groups in total. The van der Waals surface area contributed by atoms with Crippen LogP contribution in [0, 0.1) is 13.8 Å². The van der Waals surface area contributed by atoms with Gasteiger partial charge in [0.15, 0.2) is 5.69 Å². The third kappa shape index (κ3) is 4.79. The van der Waals surface area contributed by atoms with Gasteiger partial charge in [-0.1, -0.05) is 11.6 Å². The van der Waals surface area contributed by atoms with Gasteiger partial charge in [0.05, 0.1) is 23.4 Å². The first-order valence-electron chi connectivity index (χ1n) is 12.5. The Morgan fingerprint density at radius 2 is 1.97 bits per heavy atom. The van der Waals surface area contributed by atoms with Gasteiger partial charge in [0.2, 0.25) is 0 Å². The molecule has 1 aromatic carbocycles. The van der Waals surface area contributed by atoms with Crippen molar-refractivity contribution >= 4 is 23.1 Å². The second kappa shape index (κ2) is 10.2. The van der Waals surface area contributed by atoms with E-state index in [2.05, 4.69) is 10.00 Å². The molecule has 5 rings (SSSR count). The first-order chi connectivity index (χ1) is 18.1. The van der Waals surface area contributed by atoms with Crippen molar-refractivity contribution in [3.8, 4) is 16.9 Å². The molecule has 0 saturated heterocycles. The van der Waals surface area contributed by atoms with Gasteiger partial charge in [0, 0.05) is 27.8 Å². The van der Waals surface area contributed by atoms with Crippen molar-refractivity contribution in [1.82, 2.24) is 24.1 Å². The summed E-state index contributed by atoms with van der Waals surface area (Å²) in [6.07, 6.45) is 2.50. The summed E-state index contributed by atoms with van der Waals surface area (Å²) in [5.41, 5.74) is 4.51. The Hall–Kier alpha value is -3.69. The SMILES string of the molecule is Cc1cc(-c2cc(Cl)ccc2OCCn2c(C)nc3c(c2=O)CC(N(C)C)CC3)c2ccc(C(=O)O)n2n1. The molecular formula is C28H30ClN5O4. The molecule has 1 aliphatic rings. The van der Waals surface area contributed by atoms with E-state index in [4.69, 9.17) is 21.3 Å². The summed E-state index contributed by atoms with van der Waals surface area (Å²) in [5, 5.41) is 14.5. The molecule has 38 heavy (non-hydrogen) atoms. The van der Waals surface area contributed by atoms with Gasteiger partial charge in [-0.2, -0.15) is 5.10 Å². The standard InChI is InChI=1S/C28H30ClN5O4/c1-16-13-20(24-8-9-25(28(36)37)34(24)31-16)21-14-18(29)5-10-26(21)38-12-11-33-17(2)30-23-7-6-19(32(3)4)15-22(23)27(33)35/h5,8-10,13-14,19H,6-7,11-12,15H2,1-4H3,(H,36,37). The Morgan fingerprint density at radius 3 is 2.71 bits per heavy atom. The van der Waals surface area contributed by atoms with Crippen LogP contribution in [0.15, 0.2) is 41.2 Å². The summed E-state index contributed by atoms with van der Waals surface area (Å²) in [5.74, 6) is 0.190. The number of nitrogens with zero attached hydrogens (tertiary/aromatic N) is 5. The van der Waals surface area contributed by atoms with Crippen LogP contribution in [0.3, 0.4) is 0 Å². The molecule has 3 heterocycles. The molecule has 9 nitrogen and oxygen atoms in total. The quantitative estimate of drug-likeness (QED) is 0.381. The average molecular weight is 536 g/mol. The average Bonchev–Trinajstić information content (AvgIpc) is 3.30. The fourth-order valence-corrected chi connectivity index (χ4v) is 5.36. The zero-order valence-corrected chi connectivity index (χ0v) is 22.6. The zero-order valence-electron chi connectivity index (χ0n) is 21.9. The third-order valence-electron chi connectivity index (χ3n) is 7.19. The summed E-state index contributed by atoms with van der Waals surface area (Å²) in [4.78, 5) is 32.0. The highest BCUT2D eigenvalue weighted by atomic mass is 35.5. The summed E-state index contributed by atoms with van der Waals surface area (Å²) >= 11 is 6.36. The maximum Gasteiger partial charge on any atom is 0.354 e. The lowest BCUT2D eigenvalue weighted by molar-refractivity contribution is 0.0688. The number of carboxylic acid groups (broad SMARTS) is 1. The molecule has 0 saturated carbocycles. The van der Waals surface area contributed by atoms with Crippen molar-refractivity contribution in [2.24, 2.45) is 0 Å². The first kappa shape index (κ1) is 25.9. The summed E-state index contributed by atoms with van der Waals surface area (Å²) < 4.78 is 9.31. The predicted molar refractivity (Wildman–Crippen MR) is 146 cm³/mol. The Labute approximate surface area is 225 Å². The fourth-order valence-electron chi connectivity index (χ4n) is 5.19. The fraction of sp³-hybridized carbons (Fsp3) is 0.357. The van der Waals surface area contributed by atoms with Crippen molar-refractivity contribution in [3.63, 3.8) is 0 Å². The Balaban J connectivity index is 1.45. The van der Waals surface area contributed by atoms with Gasteiger partial charge >= 0.3 is 5.97 Å². The van der Waals surface area contributed by atoms with Gasteiger partial charge in [-0.25, -0.2) is 14.3 Å². The van der Waals surface area contributed by atoms with Crippen LogP contribution in [-0.2, 0) is 19.4 Å². The van der Waals surface area contributed by atoms with E-state index in [-0.39, 0.29) is 17.9 Å². The number of hydrogen-bond donors (Lipinski definition) is 1. The molecule has 0 radical (unpaired) electrons. The van der Waals surface area contributed by atoms with E-state index in [0.717, 1.165) is 29.7 Å². The number of aromatic carboxylic acids is 1. The Kier molecular flexibility index (Phi) is 6.98. The van der Waals surface area contributed by atoms with Gasteiger partial charge in [-0.15, -0.1) is 0 Å². The van der Waals surface area contributed by atoms with Crippen LogP contribution in [0.25, 0.3) is 16.6 Å². The summed E-state index contributed by atoms with van der Waals surface area (Å²) in [6, 6.07) is 10.8. The number of likely N-dealkylation sites (N-methyl/N-ethyl adjacent to an activating group) is 1. The van der Waals surface area contributed by atoms with Crippen molar-refractivity contribution in [2.75, 3.05) is 20.7 Å². The smallest absolute Gasteiger partial charge is 0.354 e. The largest absolute Gasteiger partial charge is 0.491 e. The molecule has 0 fully saturated rings. The molecule has 3 aromatic heterocycles. The Bertz CT molecular complexity index is 1610. The molecule has 10 heteroatoms. The minimum atomic E-state index is -1.06. The van der Waals surface area contributed by atoms with Crippen molar-refractivity contribution in [3.05, 3.63) is 80.2 Å². The first-order valence-corrected chi connectivity index (χ1v) is 12.9. The molecule has 4 aromatic rings. The number of benzene rings is 1. The van der Waals surface area contributed by atoms with Crippen LogP contribution in [0.2, 0.25) is 5.02 Å². The summed E-state index contributed by atoms with van der Waals surface area (Å²) in [6.45, 7) is 4.25.